The molecule has 0 saturated carbocycles. The van der Waals surface area contributed by atoms with Gasteiger partial charge in [0.15, 0.2) is 0 Å². The van der Waals surface area contributed by atoms with Crippen LogP contribution in [0.15, 0.2) is 0 Å². The molecule has 1 atom stereocenters. The predicted molar refractivity (Wildman–Crippen MR) is 71.4 cm³/mol. The van der Waals surface area contributed by atoms with E-state index in [0.29, 0.717) is 6.42 Å². The monoisotopic (exact) mass is 277 g/mol. The molecular formula is C11H19NO3S2. The van der Waals surface area contributed by atoms with Gasteiger partial charge in [0, 0.05) is 23.8 Å². The van der Waals surface area contributed by atoms with Gasteiger partial charge >= 0.3 is 5.97 Å². The summed E-state index contributed by atoms with van der Waals surface area (Å²) in [6.45, 7) is 1.69. The van der Waals surface area contributed by atoms with E-state index in [1.54, 1.807) is 6.92 Å². The molecule has 1 heterocycles. The standard InChI is InChI=1S/C11H19NO3S2/c1-2-11(14)15-12-10(13)6-4-3-5-9-7-8-16-17-9/h9H,2-8H2,1H3,(H,12,13)/t9-/m0/s1. The van der Waals surface area contributed by atoms with Crippen molar-refractivity contribution in [1.82, 2.24) is 5.48 Å². The Kier molecular flexibility index (Phi) is 7.51. The van der Waals surface area contributed by atoms with Gasteiger partial charge in [0.25, 0.3) is 5.91 Å². The van der Waals surface area contributed by atoms with Crippen molar-refractivity contribution in [1.29, 1.82) is 0 Å². The number of hydrogen-bond donors (Lipinski definition) is 1. The van der Waals surface area contributed by atoms with Crippen LogP contribution in [0.3, 0.4) is 0 Å². The van der Waals surface area contributed by atoms with E-state index in [0.717, 1.165) is 18.1 Å². The summed E-state index contributed by atoms with van der Waals surface area (Å²) in [5.41, 5.74) is 2.16. The molecule has 0 radical (unpaired) electrons. The highest BCUT2D eigenvalue weighted by molar-refractivity contribution is 8.77. The Morgan fingerprint density at radius 3 is 2.88 bits per heavy atom. The molecule has 1 amide bonds. The minimum absolute atomic E-state index is 0.208. The van der Waals surface area contributed by atoms with Crippen LogP contribution in [0.1, 0.15) is 45.4 Å². The van der Waals surface area contributed by atoms with Crippen LogP contribution in [0.2, 0.25) is 0 Å². The Bertz CT molecular complexity index is 255. The minimum atomic E-state index is -0.405. The molecular weight excluding hydrogens is 258 g/mol. The highest BCUT2D eigenvalue weighted by atomic mass is 33.1. The first-order chi connectivity index (χ1) is 8.22. The van der Waals surface area contributed by atoms with Crippen LogP contribution in [0.25, 0.3) is 0 Å². The van der Waals surface area contributed by atoms with E-state index < -0.39 is 5.97 Å². The Labute approximate surface area is 110 Å². The second-order valence-electron chi connectivity index (χ2n) is 3.93. The zero-order chi connectivity index (χ0) is 12.5. The maximum atomic E-state index is 11.3. The molecule has 6 heteroatoms. The highest BCUT2D eigenvalue weighted by Gasteiger charge is 2.15. The van der Waals surface area contributed by atoms with E-state index >= 15 is 0 Å². The molecule has 1 aliphatic rings. The van der Waals surface area contributed by atoms with Gasteiger partial charge in [-0.2, -0.15) is 5.48 Å². The molecule has 0 unspecified atom stereocenters. The lowest BCUT2D eigenvalue weighted by Crippen LogP contribution is -2.26. The Morgan fingerprint density at radius 2 is 2.24 bits per heavy atom. The summed E-state index contributed by atoms with van der Waals surface area (Å²) < 4.78 is 0. The van der Waals surface area contributed by atoms with Gasteiger partial charge in [-0.25, -0.2) is 4.79 Å². The molecule has 1 rings (SSSR count). The number of amides is 1. The third kappa shape index (κ3) is 6.83. The number of carbonyl (C=O) groups excluding carboxylic acids is 2. The SMILES string of the molecule is CCC(=O)ONC(=O)CCCC[C@H]1CCSS1. The van der Waals surface area contributed by atoms with Crippen molar-refractivity contribution >= 4 is 33.5 Å². The van der Waals surface area contributed by atoms with Crippen molar-refractivity contribution in [2.45, 2.75) is 50.7 Å². The van der Waals surface area contributed by atoms with Crippen molar-refractivity contribution < 1.29 is 14.4 Å². The molecule has 0 aromatic rings. The van der Waals surface area contributed by atoms with Crippen LogP contribution in [-0.2, 0) is 14.4 Å². The van der Waals surface area contributed by atoms with Crippen molar-refractivity contribution in [2.75, 3.05) is 5.75 Å². The maximum Gasteiger partial charge on any atom is 0.331 e. The maximum absolute atomic E-state index is 11.3. The van der Waals surface area contributed by atoms with Crippen molar-refractivity contribution in [3.8, 4) is 0 Å². The Morgan fingerprint density at radius 1 is 1.41 bits per heavy atom. The molecule has 98 valence electrons. The summed E-state index contributed by atoms with van der Waals surface area (Å²) in [7, 11) is 3.91. The number of nitrogens with one attached hydrogen (secondary N) is 1. The molecule has 17 heavy (non-hydrogen) atoms. The van der Waals surface area contributed by atoms with E-state index in [1.165, 1.54) is 18.6 Å². The van der Waals surface area contributed by atoms with Gasteiger partial charge in [-0.1, -0.05) is 34.9 Å². The Hall–Kier alpha value is -0.360. The van der Waals surface area contributed by atoms with Crippen LogP contribution >= 0.6 is 21.6 Å². The third-order valence-electron chi connectivity index (χ3n) is 2.47. The average molecular weight is 277 g/mol. The van der Waals surface area contributed by atoms with Crippen LogP contribution in [-0.4, -0.2) is 22.9 Å². The summed E-state index contributed by atoms with van der Waals surface area (Å²) in [5.74, 6) is 0.640. The molecule has 1 N–H and O–H groups in total. The summed E-state index contributed by atoms with van der Waals surface area (Å²) in [5, 5.41) is 0.765. The van der Waals surface area contributed by atoms with E-state index in [9.17, 15) is 9.59 Å². The number of unbranched alkanes of at least 4 members (excludes halogenated alkanes) is 1. The molecule has 0 aromatic heterocycles. The summed E-state index contributed by atoms with van der Waals surface area (Å²) in [6.07, 6.45) is 5.10. The minimum Gasteiger partial charge on any atom is -0.341 e. The fraction of sp³-hybridized carbons (Fsp3) is 0.818. The van der Waals surface area contributed by atoms with Gasteiger partial charge in [0.1, 0.15) is 0 Å². The molecule has 0 aliphatic carbocycles. The van der Waals surface area contributed by atoms with Gasteiger partial charge in [-0.05, 0) is 19.3 Å². The fourth-order valence-corrected chi connectivity index (χ4v) is 4.49. The highest BCUT2D eigenvalue weighted by Crippen LogP contribution is 2.39. The molecule has 1 aliphatic heterocycles. The van der Waals surface area contributed by atoms with Crippen LogP contribution in [0.4, 0.5) is 0 Å². The summed E-state index contributed by atoms with van der Waals surface area (Å²) >= 11 is 0. The summed E-state index contributed by atoms with van der Waals surface area (Å²) in [6, 6.07) is 0. The second kappa shape index (κ2) is 8.69. The molecule has 0 bridgehead atoms. The topological polar surface area (TPSA) is 55.4 Å². The van der Waals surface area contributed by atoms with Gasteiger partial charge in [-0.15, -0.1) is 0 Å². The van der Waals surface area contributed by atoms with Crippen LogP contribution in [0, 0.1) is 0 Å². The molecule has 0 aromatic carbocycles. The van der Waals surface area contributed by atoms with Crippen molar-refractivity contribution in [3.05, 3.63) is 0 Å². The number of carbonyl (C=O) groups is 2. The lowest BCUT2D eigenvalue weighted by Gasteiger charge is -2.07. The average Bonchev–Trinajstić information content (AvgIpc) is 2.84. The quantitative estimate of drug-likeness (QED) is 0.459. The van der Waals surface area contributed by atoms with Crippen molar-refractivity contribution in [3.63, 3.8) is 0 Å². The number of rotatable bonds is 6. The number of hydrogen-bond acceptors (Lipinski definition) is 5. The molecule has 1 saturated heterocycles. The third-order valence-corrected chi connectivity index (χ3v) is 5.48. The lowest BCUT2D eigenvalue weighted by molar-refractivity contribution is -0.158. The van der Waals surface area contributed by atoms with E-state index in [2.05, 4.69) is 10.3 Å². The smallest absolute Gasteiger partial charge is 0.331 e. The fourth-order valence-electron chi connectivity index (χ4n) is 1.46. The van der Waals surface area contributed by atoms with Gasteiger partial charge in [0.2, 0.25) is 0 Å². The molecule has 0 spiro atoms. The predicted octanol–water partition coefficient (Wildman–Crippen LogP) is 2.68. The zero-order valence-corrected chi connectivity index (χ0v) is 11.7. The van der Waals surface area contributed by atoms with Gasteiger partial charge < -0.3 is 4.84 Å². The van der Waals surface area contributed by atoms with Gasteiger partial charge in [0.05, 0.1) is 0 Å². The van der Waals surface area contributed by atoms with E-state index in [1.807, 2.05) is 21.6 Å². The normalized spacial score (nSPS) is 19.0. The Balaban J connectivity index is 1.94. The summed E-state index contributed by atoms with van der Waals surface area (Å²) in [4.78, 5) is 26.6. The second-order valence-corrected chi connectivity index (χ2v) is 6.72. The van der Waals surface area contributed by atoms with E-state index in [4.69, 9.17) is 0 Å². The van der Waals surface area contributed by atoms with Crippen LogP contribution < -0.4 is 5.48 Å². The first kappa shape index (κ1) is 14.7. The first-order valence-corrected chi connectivity index (χ1v) is 8.37. The number of hydroxylamine groups is 1. The first-order valence-electron chi connectivity index (χ1n) is 5.99. The van der Waals surface area contributed by atoms with Crippen molar-refractivity contribution in [2.24, 2.45) is 0 Å². The van der Waals surface area contributed by atoms with Gasteiger partial charge in [-0.3, -0.25) is 4.79 Å². The molecule has 1 fully saturated rings. The lowest BCUT2D eigenvalue weighted by atomic mass is 10.1. The van der Waals surface area contributed by atoms with Crippen LogP contribution in [0.5, 0.6) is 0 Å². The molecule has 4 nitrogen and oxygen atoms in total. The van der Waals surface area contributed by atoms with E-state index in [-0.39, 0.29) is 12.3 Å². The zero-order valence-electron chi connectivity index (χ0n) is 10.1. The largest absolute Gasteiger partial charge is 0.341 e.